The van der Waals surface area contributed by atoms with Crippen LogP contribution in [0.15, 0.2) is 30.5 Å². The van der Waals surface area contributed by atoms with Gasteiger partial charge in [0.1, 0.15) is 0 Å². The van der Waals surface area contributed by atoms with E-state index in [0.29, 0.717) is 16.4 Å². The Labute approximate surface area is 90.5 Å². The number of nitrogens with one attached hydrogen (secondary N) is 2. The maximum atomic E-state index is 11.7. The highest BCUT2D eigenvalue weighted by molar-refractivity contribution is 6.34. The number of amides is 1. The molecule has 0 bridgehead atoms. The zero-order valence-electron chi connectivity index (χ0n) is 7.57. The summed E-state index contributed by atoms with van der Waals surface area (Å²) in [5, 5.41) is 12.6. The van der Waals surface area contributed by atoms with E-state index in [-0.39, 0.29) is 5.91 Å². The van der Waals surface area contributed by atoms with Gasteiger partial charge in [-0.3, -0.25) is 4.79 Å². The molecule has 0 aliphatic rings. The van der Waals surface area contributed by atoms with Crippen molar-refractivity contribution in [3.8, 4) is 0 Å². The molecule has 1 aromatic carbocycles. The van der Waals surface area contributed by atoms with Gasteiger partial charge in [-0.2, -0.15) is 10.3 Å². The Morgan fingerprint density at radius 1 is 1.40 bits per heavy atom. The van der Waals surface area contributed by atoms with Crippen molar-refractivity contribution in [3.63, 3.8) is 0 Å². The van der Waals surface area contributed by atoms with Crippen LogP contribution >= 0.6 is 11.6 Å². The quantitative estimate of drug-likeness (QED) is 0.813. The summed E-state index contributed by atoms with van der Waals surface area (Å²) in [7, 11) is 0. The number of benzene rings is 1. The van der Waals surface area contributed by atoms with E-state index in [1.807, 2.05) is 0 Å². The van der Waals surface area contributed by atoms with Gasteiger partial charge < -0.3 is 5.32 Å². The number of H-pyrrole nitrogens is 1. The number of nitrogens with zero attached hydrogens (tertiary/aromatic N) is 2. The van der Waals surface area contributed by atoms with Gasteiger partial charge in [0.25, 0.3) is 5.91 Å². The molecule has 15 heavy (non-hydrogen) atoms. The molecular weight excluding hydrogens is 216 g/mol. The molecule has 1 aromatic heterocycles. The van der Waals surface area contributed by atoms with Gasteiger partial charge in [-0.05, 0) is 12.1 Å². The second-order valence-corrected chi connectivity index (χ2v) is 3.20. The molecule has 0 atom stereocenters. The van der Waals surface area contributed by atoms with Crippen molar-refractivity contribution >= 4 is 23.3 Å². The first-order chi connectivity index (χ1) is 7.27. The van der Waals surface area contributed by atoms with Crippen molar-refractivity contribution in [2.45, 2.75) is 0 Å². The summed E-state index contributed by atoms with van der Waals surface area (Å²) in [6.07, 6.45) is 1.41. The highest BCUT2D eigenvalue weighted by atomic mass is 35.5. The third-order valence-corrected chi connectivity index (χ3v) is 2.10. The first-order valence-corrected chi connectivity index (χ1v) is 4.57. The van der Waals surface area contributed by atoms with E-state index in [4.69, 9.17) is 11.6 Å². The SMILES string of the molecule is O=C(Nc1cn[nH]n1)c1ccccc1Cl. The lowest BCUT2D eigenvalue weighted by atomic mass is 10.2. The van der Waals surface area contributed by atoms with E-state index in [1.165, 1.54) is 6.20 Å². The minimum absolute atomic E-state index is 0.311. The summed E-state index contributed by atoms with van der Waals surface area (Å²) in [6, 6.07) is 6.79. The third-order valence-electron chi connectivity index (χ3n) is 1.78. The Kier molecular flexibility index (Phi) is 2.64. The van der Waals surface area contributed by atoms with Crippen LogP contribution in [0.4, 0.5) is 5.82 Å². The molecule has 0 fully saturated rings. The van der Waals surface area contributed by atoms with Crippen molar-refractivity contribution in [2.75, 3.05) is 5.32 Å². The number of carbonyl (C=O) groups is 1. The first-order valence-electron chi connectivity index (χ1n) is 4.19. The molecule has 6 heteroatoms. The summed E-state index contributed by atoms with van der Waals surface area (Å²) in [6.45, 7) is 0. The number of anilines is 1. The van der Waals surface area contributed by atoms with Gasteiger partial charge in [0, 0.05) is 0 Å². The van der Waals surface area contributed by atoms with Crippen molar-refractivity contribution in [2.24, 2.45) is 0 Å². The summed E-state index contributed by atoms with van der Waals surface area (Å²) >= 11 is 5.85. The van der Waals surface area contributed by atoms with E-state index in [1.54, 1.807) is 24.3 Å². The number of hydrogen-bond acceptors (Lipinski definition) is 3. The molecule has 0 saturated heterocycles. The van der Waals surface area contributed by atoms with Crippen LogP contribution in [0.1, 0.15) is 10.4 Å². The fourth-order valence-corrected chi connectivity index (χ4v) is 1.31. The Bertz CT molecular complexity index is 469. The van der Waals surface area contributed by atoms with Crippen molar-refractivity contribution in [1.29, 1.82) is 0 Å². The van der Waals surface area contributed by atoms with Gasteiger partial charge in [-0.15, -0.1) is 5.10 Å². The Balaban J connectivity index is 2.19. The Morgan fingerprint density at radius 3 is 2.87 bits per heavy atom. The molecule has 2 aromatic rings. The monoisotopic (exact) mass is 222 g/mol. The molecule has 0 radical (unpaired) electrons. The topological polar surface area (TPSA) is 70.7 Å². The van der Waals surface area contributed by atoms with Crippen molar-refractivity contribution in [3.05, 3.63) is 41.0 Å². The van der Waals surface area contributed by atoms with Crippen LogP contribution in [0.5, 0.6) is 0 Å². The molecule has 1 amide bonds. The van der Waals surface area contributed by atoms with Crippen LogP contribution in [0, 0.1) is 0 Å². The number of halogens is 1. The normalized spacial score (nSPS) is 9.93. The Hall–Kier alpha value is -1.88. The highest BCUT2D eigenvalue weighted by Gasteiger charge is 2.10. The molecule has 0 aliphatic carbocycles. The lowest BCUT2D eigenvalue weighted by Gasteiger charge is -2.02. The average Bonchev–Trinajstić information content (AvgIpc) is 2.71. The summed E-state index contributed by atoms with van der Waals surface area (Å²) < 4.78 is 0. The molecule has 2 rings (SSSR count). The molecule has 0 spiro atoms. The smallest absolute Gasteiger partial charge is 0.258 e. The third kappa shape index (κ3) is 2.13. The second-order valence-electron chi connectivity index (χ2n) is 2.79. The van der Waals surface area contributed by atoms with Gasteiger partial charge in [0.2, 0.25) is 0 Å². The lowest BCUT2D eigenvalue weighted by Crippen LogP contribution is -2.12. The number of aromatic nitrogens is 3. The minimum Gasteiger partial charge on any atom is -0.304 e. The molecule has 2 N–H and O–H groups in total. The summed E-state index contributed by atoms with van der Waals surface area (Å²) in [5.74, 6) is 0.0504. The molecule has 0 aliphatic heterocycles. The molecule has 1 heterocycles. The van der Waals surface area contributed by atoms with Gasteiger partial charge in [-0.1, -0.05) is 23.7 Å². The predicted molar refractivity (Wildman–Crippen MR) is 55.8 cm³/mol. The maximum Gasteiger partial charge on any atom is 0.258 e. The van der Waals surface area contributed by atoms with Gasteiger partial charge in [0.05, 0.1) is 16.8 Å². The zero-order chi connectivity index (χ0) is 10.7. The van der Waals surface area contributed by atoms with Crippen molar-refractivity contribution < 1.29 is 4.79 Å². The van der Waals surface area contributed by atoms with Crippen LogP contribution in [0.25, 0.3) is 0 Å². The highest BCUT2D eigenvalue weighted by Crippen LogP contribution is 2.15. The van der Waals surface area contributed by atoms with Crippen LogP contribution < -0.4 is 5.32 Å². The minimum atomic E-state index is -0.311. The van der Waals surface area contributed by atoms with Crippen molar-refractivity contribution in [1.82, 2.24) is 15.4 Å². The van der Waals surface area contributed by atoms with Crippen LogP contribution in [-0.2, 0) is 0 Å². The summed E-state index contributed by atoms with van der Waals surface area (Å²) in [5.41, 5.74) is 0.405. The molecule has 5 nitrogen and oxygen atoms in total. The second kappa shape index (κ2) is 4.10. The van der Waals surface area contributed by atoms with Crippen LogP contribution in [0.2, 0.25) is 5.02 Å². The van der Waals surface area contributed by atoms with E-state index in [2.05, 4.69) is 20.7 Å². The fourth-order valence-electron chi connectivity index (χ4n) is 1.09. The Morgan fingerprint density at radius 2 is 2.20 bits per heavy atom. The maximum absolute atomic E-state index is 11.7. The molecular formula is C9H7ClN4O. The van der Waals surface area contributed by atoms with Gasteiger partial charge >= 0.3 is 0 Å². The van der Waals surface area contributed by atoms with E-state index in [9.17, 15) is 4.79 Å². The number of carbonyl (C=O) groups excluding carboxylic acids is 1. The molecule has 76 valence electrons. The fraction of sp³-hybridized carbons (Fsp3) is 0. The number of rotatable bonds is 2. The van der Waals surface area contributed by atoms with E-state index < -0.39 is 0 Å². The van der Waals surface area contributed by atoms with Crippen LogP contribution in [0.3, 0.4) is 0 Å². The van der Waals surface area contributed by atoms with Gasteiger partial charge in [-0.25, -0.2) is 0 Å². The summed E-state index contributed by atoms with van der Waals surface area (Å²) in [4.78, 5) is 11.7. The zero-order valence-corrected chi connectivity index (χ0v) is 8.32. The molecule has 0 saturated carbocycles. The number of aromatic amines is 1. The first kappa shape index (κ1) is 9.67. The van der Waals surface area contributed by atoms with E-state index in [0.717, 1.165) is 0 Å². The van der Waals surface area contributed by atoms with Gasteiger partial charge in [0.15, 0.2) is 5.82 Å². The lowest BCUT2D eigenvalue weighted by molar-refractivity contribution is 0.102. The van der Waals surface area contributed by atoms with E-state index >= 15 is 0 Å². The van der Waals surface area contributed by atoms with Crippen LogP contribution in [-0.4, -0.2) is 21.3 Å². The standard InChI is InChI=1S/C9H7ClN4O/c10-7-4-2-1-3-6(7)9(15)12-8-5-11-14-13-8/h1-5H,(H2,11,12,13,14,15). The average molecular weight is 223 g/mol. The molecule has 0 unspecified atom stereocenters. The number of hydrogen-bond donors (Lipinski definition) is 2. The predicted octanol–water partition coefficient (Wildman–Crippen LogP) is 1.71. The largest absolute Gasteiger partial charge is 0.304 e.